The highest BCUT2D eigenvalue weighted by atomic mass is 15.0. The molecule has 0 saturated heterocycles. The van der Waals surface area contributed by atoms with Crippen molar-refractivity contribution < 1.29 is 0 Å². The summed E-state index contributed by atoms with van der Waals surface area (Å²) in [6, 6.07) is 2.21. The zero-order chi connectivity index (χ0) is 18.0. The molecule has 128 valence electrons. The second-order valence-electron chi connectivity index (χ2n) is 8.65. The Balaban J connectivity index is 2.55. The highest BCUT2D eigenvalue weighted by molar-refractivity contribution is 6.11. The van der Waals surface area contributed by atoms with E-state index in [-0.39, 0.29) is 5.41 Å². The zero-order valence-electron chi connectivity index (χ0n) is 16.7. The molecular formula is C22H30N2. The second kappa shape index (κ2) is 5.34. The van der Waals surface area contributed by atoms with Gasteiger partial charge in [-0.25, -0.2) is 4.98 Å². The molecule has 2 heteroatoms. The quantitative estimate of drug-likeness (QED) is 0.549. The maximum absolute atomic E-state index is 4.85. The predicted octanol–water partition coefficient (Wildman–Crippen LogP) is 5.86. The summed E-state index contributed by atoms with van der Waals surface area (Å²) in [5.74, 6) is 0. The molecule has 0 aliphatic rings. The molecule has 0 bridgehead atoms. The number of hydrogen-bond donors (Lipinski definition) is 0. The summed E-state index contributed by atoms with van der Waals surface area (Å²) < 4.78 is 2.29. The number of benzene rings is 1. The van der Waals surface area contributed by atoms with E-state index in [0.717, 1.165) is 17.8 Å². The van der Waals surface area contributed by atoms with Crippen molar-refractivity contribution in [3.63, 3.8) is 0 Å². The highest BCUT2D eigenvalue weighted by Gasteiger charge is 2.23. The van der Waals surface area contributed by atoms with Crippen molar-refractivity contribution in [3.8, 4) is 0 Å². The number of hydrogen-bond acceptors (Lipinski definition) is 1. The molecular weight excluding hydrogens is 292 g/mol. The SMILES string of the molecule is Cc1cc(C)c2c3c(C)c(CC(C)(C)C)c(C)c(C)c3n(C)c2n1. The lowest BCUT2D eigenvalue weighted by atomic mass is 9.82. The predicted molar refractivity (Wildman–Crippen MR) is 105 cm³/mol. The van der Waals surface area contributed by atoms with Crippen LogP contribution < -0.4 is 0 Å². The zero-order valence-corrected chi connectivity index (χ0v) is 16.7. The van der Waals surface area contributed by atoms with Crippen LogP contribution in [0.4, 0.5) is 0 Å². The Morgan fingerprint density at radius 3 is 2.12 bits per heavy atom. The summed E-state index contributed by atoms with van der Waals surface area (Å²) in [6.45, 7) is 18.1. The third kappa shape index (κ3) is 2.44. The largest absolute Gasteiger partial charge is 0.328 e. The Morgan fingerprint density at radius 2 is 1.54 bits per heavy atom. The first kappa shape index (κ1) is 17.0. The van der Waals surface area contributed by atoms with Crippen LogP contribution in [0.3, 0.4) is 0 Å². The van der Waals surface area contributed by atoms with Gasteiger partial charge in [-0.3, -0.25) is 0 Å². The molecule has 0 radical (unpaired) electrons. The van der Waals surface area contributed by atoms with E-state index >= 15 is 0 Å². The third-order valence-electron chi connectivity index (χ3n) is 5.37. The fraction of sp³-hybridized carbons (Fsp3) is 0.500. The molecule has 2 aromatic heterocycles. The van der Waals surface area contributed by atoms with E-state index in [4.69, 9.17) is 4.98 Å². The van der Waals surface area contributed by atoms with E-state index in [0.29, 0.717) is 0 Å². The Morgan fingerprint density at radius 1 is 0.917 bits per heavy atom. The van der Waals surface area contributed by atoms with Gasteiger partial charge in [-0.1, -0.05) is 20.8 Å². The maximum atomic E-state index is 4.85. The van der Waals surface area contributed by atoms with E-state index in [9.17, 15) is 0 Å². The van der Waals surface area contributed by atoms with Crippen molar-refractivity contribution in [1.29, 1.82) is 0 Å². The fourth-order valence-corrected chi connectivity index (χ4v) is 4.20. The number of pyridine rings is 1. The van der Waals surface area contributed by atoms with E-state index < -0.39 is 0 Å². The molecule has 0 atom stereocenters. The van der Waals surface area contributed by atoms with Gasteiger partial charge in [0.2, 0.25) is 0 Å². The van der Waals surface area contributed by atoms with Crippen LogP contribution in [-0.2, 0) is 13.5 Å². The van der Waals surface area contributed by atoms with Gasteiger partial charge in [-0.2, -0.15) is 0 Å². The number of aromatic nitrogens is 2. The van der Waals surface area contributed by atoms with Crippen LogP contribution in [0.15, 0.2) is 6.07 Å². The lowest BCUT2D eigenvalue weighted by Gasteiger charge is -2.23. The minimum atomic E-state index is 0.282. The van der Waals surface area contributed by atoms with Crippen molar-refractivity contribution >= 4 is 21.9 Å². The minimum absolute atomic E-state index is 0.282. The smallest absolute Gasteiger partial charge is 0.141 e. The van der Waals surface area contributed by atoms with Crippen molar-refractivity contribution in [3.05, 3.63) is 39.6 Å². The van der Waals surface area contributed by atoms with Gasteiger partial charge in [0, 0.05) is 23.5 Å². The molecule has 0 amide bonds. The molecule has 0 aliphatic heterocycles. The van der Waals surface area contributed by atoms with Gasteiger partial charge in [0.15, 0.2) is 0 Å². The molecule has 0 saturated carbocycles. The molecule has 3 rings (SSSR count). The van der Waals surface area contributed by atoms with Crippen LogP contribution in [0.2, 0.25) is 0 Å². The number of aryl methyl sites for hydroxylation is 5. The van der Waals surface area contributed by atoms with Crippen LogP contribution in [0.5, 0.6) is 0 Å². The Kier molecular flexibility index (Phi) is 3.78. The van der Waals surface area contributed by atoms with Crippen LogP contribution in [0.1, 0.15) is 54.3 Å². The number of nitrogens with zero attached hydrogens (tertiary/aromatic N) is 2. The molecule has 0 aliphatic carbocycles. The van der Waals surface area contributed by atoms with Crippen LogP contribution in [0.25, 0.3) is 21.9 Å². The maximum Gasteiger partial charge on any atom is 0.141 e. The van der Waals surface area contributed by atoms with E-state index in [1.807, 2.05) is 0 Å². The molecule has 1 aromatic carbocycles. The third-order valence-corrected chi connectivity index (χ3v) is 5.37. The molecule has 3 aromatic rings. The van der Waals surface area contributed by atoms with E-state index in [2.05, 4.69) is 73.1 Å². The van der Waals surface area contributed by atoms with Gasteiger partial charge < -0.3 is 4.57 Å². The van der Waals surface area contributed by atoms with Gasteiger partial charge >= 0.3 is 0 Å². The summed E-state index contributed by atoms with van der Waals surface area (Å²) in [6.07, 6.45) is 1.11. The van der Waals surface area contributed by atoms with E-state index in [1.165, 1.54) is 44.1 Å². The lowest BCUT2D eigenvalue weighted by Crippen LogP contribution is -2.12. The molecule has 2 heterocycles. The first-order chi connectivity index (χ1) is 11.0. The number of fused-ring (bicyclic) bond motifs is 3. The van der Waals surface area contributed by atoms with Crippen molar-refractivity contribution in [2.24, 2.45) is 12.5 Å². The van der Waals surface area contributed by atoms with Gasteiger partial charge in [0.05, 0.1) is 5.52 Å². The Labute approximate surface area is 145 Å². The standard InChI is InChI=1S/C22H30N2/c1-12-10-13(2)23-21-18(12)19-16(5)17(11-22(6,7)8)14(3)15(4)20(19)24(21)9/h10H,11H2,1-9H3. The monoisotopic (exact) mass is 322 g/mol. The molecule has 0 fully saturated rings. The lowest BCUT2D eigenvalue weighted by molar-refractivity contribution is 0.409. The van der Waals surface area contributed by atoms with Crippen molar-refractivity contribution in [2.45, 2.75) is 61.8 Å². The summed E-state index contributed by atoms with van der Waals surface area (Å²) in [7, 11) is 2.16. The summed E-state index contributed by atoms with van der Waals surface area (Å²) in [4.78, 5) is 4.85. The first-order valence-corrected chi connectivity index (χ1v) is 8.88. The fourth-order valence-electron chi connectivity index (χ4n) is 4.20. The molecule has 24 heavy (non-hydrogen) atoms. The summed E-state index contributed by atoms with van der Waals surface area (Å²) in [5, 5.41) is 2.73. The van der Waals surface area contributed by atoms with Gasteiger partial charge in [0.25, 0.3) is 0 Å². The second-order valence-corrected chi connectivity index (χ2v) is 8.65. The number of rotatable bonds is 1. The molecule has 0 unspecified atom stereocenters. The Hall–Kier alpha value is -1.83. The first-order valence-electron chi connectivity index (χ1n) is 8.88. The average Bonchev–Trinajstić information content (AvgIpc) is 2.74. The van der Waals surface area contributed by atoms with Crippen LogP contribution >= 0.6 is 0 Å². The molecule has 0 spiro atoms. The van der Waals surface area contributed by atoms with Crippen molar-refractivity contribution in [1.82, 2.24) is 9.55 Å². The molecule has 2 nitrogen and oxygen atoms in total. The normalized spacial score (nSPS) is 12.5. The topological polar surface area (TPSA) is 17.8 Å². The minimum Gasteiger partial charge on any atom is -0.328 e. The van der Waals surface area contributed by atoms with Crippen LogP contribution in [0, 0.1) is 40.0 Å². The van der Waals surface area contributed by atoms with E-state index in [1.54, 1.807) is 0 Å². The highest BCUT2D eigenvalue weighted by Crippen LogP contribution is 2.39. The summed E-state index contributed by atoms with van der Waals surface area (Å²) >= 11 is 0. The Bertz CT molecular complexity index is 966. The van der Waals surface area contributed by atoms with Gasteiger partial charge in [0.1, 0.15) is 5.65 Å². The van der Waals surface area contributed by atoms with Gasteiger partial charge in [-0.05, 0) is 80.3 Å². The molecule has 0 N–H and O–H groups in total. The van der Waals surface area contributed by atoms with Gasteiger partial charge in [-0.15, -0.1) is 0 Å². The van der Waals surface area contributed by atoms with Crippen LogP contribution in [-0.4, -0.2) is 9.55 Å². The summed E-state index contributed by atoms with van der Waals surface area (Å²) in [5.41, 5.74) is 10.9. The average molecular weight is 322 g/mol. The van der Waals surface area contributed by atoms with Crippen molar-refractivity contribution in [2.75, 3.05) is 0 Å².